The van der Waals surface area contributed by atoms with Gasteiger partial charge in [0.1, 0.15) is 0 Å². The maximum Gasteiger partial charge on any atom is 0.317 e. The van der Waals surface area contributed by atoms with Gasteiger partial charge in [-0.05, 0) is 57.0 Å². The standard InChI is InChI=1S/C21H23N3O4S/c1-5-24-20(17-7-6-10-27-17)22-23-21(24)29-12-18(25)28-15(4)19(26)16-9-8-13(2)14(3)11-16/h6-11,15H,5,12H2,1-4H3/t15-/m0/s1. The van der Waals surface area contributed by atoms with Crippen LogP contribution in [-0.2, 0) is 16.1 Å². The number of Topliss-reactive ketones (excluding diaryl/α,β-unsaturated/α-hetero) is 1. The number of carbonyl (C=O) groups excluding carboxylic acids is 2. The minimum absolute atomic E-state index is 0.0286. The molecule has 2 aromatic heterocycles. The summed E-state index contributed by atoms with van der Waals surface area (Å²) in [6.45, 7) is 8.10. The first-order valence-electron chi connectivity index (χ1n) is 9.31. The van der Waals surface area contributed by atoms with Crippen molar-refractivity contribution >= 4 is 23.5 Å². The fourth-order valence-electron chi connectivity index (χ4n) is 2.81. The Balaban J connectivity index is 1.60. The Kier molecular flexibility index (Phi) is 6.53. The number of thioether (sulfide) groups is 1. The van der Waals surface area contributed by atoms with Crippen LogP contribution in [0.15, 0.2) is 46.2 Å². The number of rotatable bonds is 8. The molecule has 0 radical (unpaired) electrons. The number of esters is 1. The Bertz CT molecular complexity index is 1010. The predicted molar refractivity (Wildman–Crippen MR) is 110 cm³/mol. The van der Waals surface area contributed by atoms with E-state index in [4.69, 9.17) is 9.15 Å². The van der Waals surface area contributed by atoms with Crippen LogP contribution in [0.2, 0.25) is 0 Å². The van der Waals surface area contributed by atoms with Crippen molar-refractivity contribution in [3.63, 3.8) is 0 Å². The second-order valence-electron chi connectivity index (χ2n) is 6.61. The van der Waals surface area contributed by atoms with Crippen molar-refractivity contribution in [2.75, 3.05) is 5.75 Å². The van der Waals surface area contributed by atoms with Crippen molar-refractivity contribution in [2.45, 2.75) is 45.5 Å². The van der Waals surface area contributed by atoms with E-state index in [9.17, 15) is 9.59 Å². The van der Waals surface area contributed by atoms with E-state index in [0.29, 0.717) is 28.8 Å². The lowest BCUT2D eigenvalue weighted by Crippen LogP contribution is -2.25. The predicted octanol–water partition coefficient (Wildman–Crippen LogP) is 4.08. The Morgan fingerprint density at radius 1 is 1.21 bits per heavy atom. The summed E-state index contributed by atoms with van der Waals surface area (Å²) in [4.78, 5) is 24.8. The zero-order chi connectivity index (χ0) is 21.0. The van der Waals surface area contributed by atoms with Crippen LogP contribution in [-0.4, -0.2) is 38.4 Å². The molecular weight excluding hydrogens is 390 g/mol. The highest BCUT2D eigenvalue weighted by Crippen LogP contribution is 2.24. The van der Waals surface area contributed by atoms with Crippen LogP contribution < -0.4 is 0 Å². The zero-order valence-electron chi connectivity index (χ0n) is 16.8. The SMILES string of the molecule is CCn1c(SCC(=O)O[C@@H](C)C(=O)c2ccc(C)c(C)c2)nnc1-c1ccco1. The number of benzene rings is 1. The number of aromatic nitrogens is 3. The molecule has 1 atom stereocenters. The average Bonchev–Trinajstić information content (AvgIpc) is 3.36. The van der Waals surface area contributed by atoms with E-state index >= 15 is 0 Å². The highest BCUT2D eigenvalue weighted by Gasteiger charge is 2.21. The van der Waals surface area contributed by atoms with Gasteiger partial charge in [-0.3, -0.25) is 14.2 Å². The van der Waals surface area contributed by atoms with Gasteiger partial charge in [-0.1, -0.05) is 23.9 Å². The number of nitrogens with zero attached hydrogens (tertiary/aromatic N) is 3. The third-order valence-electron chi connectivity index (χ3n) is 4.56. The number of ether oxygens (including phenoxy) is 1. The van der Waals surface area contributed by atoms with Crippen LogP contribution in [0.4, 0.5) is 0 Å². The minimum Gasteiger partial charge on any atom is -0.461 e. The topological polar surface area (TPSA) is 87.2 Å². The van der Waals surface area contributed by atoms with Crippen LogP contribution in [0.1, 0.15) is 35.3 Å². The third kappa shape index (κ3) is 4.76. The number of hydrogen-bond donors (Lipinski definition) is 0. The highest BCUT2D eigenvalue weighted by atomic mass is 32.2. The first-order valence-corrected chi connectivity index (χ1v) is 10.3. The van der Waals surface area contributed by atoms with Gasteiger partial charge in [0.25, 0.3) is 0 Å². The van der Waals surface area contributed by atoms with Crippen molar-refractivity contribution in [1.29, 1.82) is 0 Å². The molecular formula is C21H23N3O4S. The van der Waals surface area contributed by atoms with Gasteiger partial charge < -0.3 is 9.15 Å². The van der Waals surface area contributed by atoms with Crippen molar-refractivity contribution in [2.24, 2.45) is 0 Å². The molecule has 0 fully saturated rings. The maximum absolute atomic E-state index is 12.5. The van der Waals surface area contributed by atoms with E-state index in [-0.39, 0.29) is 11.5 Å². The molecule has 7 nitrogen and oxygen atoms in total. The molecule has 0 bridgehead atoms. The summed E-state index contributed by atoms with van der Waals surface area (Å²) < 4.78 is 12.6. The molecule has 0 aliphatic carbocycles. The van der Waals surface area contributed by atoms with Crippen LogP contribution in [0.3, 0.4) is 0 Å². The molecule has 8 heteroatoms. The maximum atomic E-state index is 12.5. The normalized spacial score (nSPS) is 12.0. The van der Waals surface area contributed by atoms with E-state index in [1.165, 1.54) is 11.8 Å². The summed E-state index contributed by atoms with van der Waals surface area (Å²) in [5.74, 6) is 0.544. The van der Waals surface area contributed by atoms with Crippen LogP contribution >= 0.6 is 11.8 Å². The number of hydrogen-bond acceptors (Lipinski definition) is 7. The fourth-order valence-corrected chi connectivity index (χ4v) is 3.59. The first-order chi connectivity index (χ1) is 13.9. The number of furan rings is 1. The lowest BCUT2D eigenvalue weighted by Gasteiger charge is -2.13. The molecule has 0 amide bonds. The minimum atomic E-state index is -0.854. The largest absolute Gasteiger partial charge is 0.461 e. The lowest BCUT2D eigenvalue weighted by molar-refractivity contribution is -0.143. The summed E-state index contributed by atoms with van der Waals surface area (Å²) in [6.07, 6.45) is 0.718. The molecule has 0 spiro atoms. The van der Waals surface area contributed by atoms with E-state index in [1.54, 1.807) is 31.4 Å². The molecule has 0 unspecified atom stereocenters. The summed E-state index contributed by atoms with van der Waals surface area (Å²) in [7, 11) is 0. The summed E-state index contributed by atoms with van der Waals surface area (Å²) in [5, 5.41) is 8.87. The van der Waals surface area contributed by atoms with Gasteiger partial charge in [-0.2, -0.15) is 0 Å². The van der Waals surface area contributed by atoms with Crippen molar-refractivity contribution in [1.82, 2.24) is 14.8 Å². The van der Waals surface area contributed by atoms with Gasteiger partial charge in [0.05, 0.1) is 12.0 Å². The molecule has 29 heavy (non-hydrogen) atoms. The molecule has 0 saturated carbocycles. The second-order valence-corrected chi connectivity index (χ2v) is 7.55. The van der Waals surface area contributed by atoms with Crippen molar-refractivity contribution < 1.29 is 18.7 Å². The van der Waals surface area contributed by atoms with Gasteiger partial charge in [0, 0.05) is 12.1 Å². The van der Waals surface area contributed by atoms with E-state index in [2.05, 4.69) is 10.2 Å². The lowest BCUT2D eigenvalue weighted by atomic mass is 10.0. The molecule has 1 aromatic carbocycles. The van der Waals surface area contributed by atoms with Gasteiger partial charge in [-0.25, -0.2) is 0 Å². The summed E-state index contributed by atoms with van der Waals surface area (Å²) in [6, 6.07) is 9.04. The number of aryl methyl sites for hydroxylation is 2. The molecule has 0 aliphatic heterocycles. The van der Waals surface area contributed by atoms with Gasteiger partial charge in [0.2, 0.25) is 5.78 Å². The fraction of sp³-hybridized carbons (Fsp3) is 0.333. The van der Waals surface area contributed by atoms with Crippen LogP contribution in [0.5, 0.6) is 0 Å². The molecule has 3 aromatic rings. The Labute approximate surface area is 173 Å². The first kappa shape index (κ1) is 20.9. The summed E-state index contributed by atoms with van der Waals surface area (Å²) in [5.41, 5.74) is 2.67. The van der Waals surface area contributed by atoms with E-state index in [0.717, 1.165) is 11.1 Å². The number of carbonyl (C=O) groups is 2. The monoisotopic (exact) mass is 413 g/mol. The summed E-state index contributed by atoms with van der Waals surface area (Å²) >= 11 is 1.21. The number of ketones is 1. The molecule has 152 valence electrons. The molecule has 3 rings (SSSR count). The van der Waals surface area contributed by atoms with Gasteiger partial charge >= 0.3 is 5.97 Å². The Hall–Kier alpha value is -2.87. The highest BCUT2D eigenvalue weighted by molar-refractivity contribution is 7.99. The Morgan fingerprint density at radius 2 is 2.00 bits per heavy atom. The smallest absolute Gasteiger partial charge is 0.317 e. The zero-order valence-corrected chi connectivity index (χ0v) is 17.7. The van der Waals surface area contributed by atoms with Crippen molar-refractivity contribution in [3.05, 3.63) is 53.3 Å². The van der Waals surface area contributed by atoms with Crippen molar-refractivity contribution in [3.8, 4) is 11.6 Å². The molecule has 0 aliphatic rings. The Morgan fingerprint density at radius 3 is 2.66 bits per heavy atom. The van der Waals surface area contributed by atoms with Gasteiger partial charge in [-0.15, -0.1) is 10.2 Å². The molecule has 2 heterocycles. The van der Waals surface area contributed by atoms with Crippen LogP contribution in [0.25, 0.3) is 11.6 Å². The van der Waals surface area contributed by atoms with Gasteiger partial charge in [0.15, 0.2) is 22.8 Å². The average molecular weight is 413 g/mol. The van der Waals surface area contributed by atoms with E-state index < -0.39 is 12.1 Å². The second kappa shape index (κ2) is 9.09. The molecule has 0 saturated heterocycles. The third-order valence-corrected chi connectivity index (χ3v) is 5.50. The molecule has 0 N–H and O–H groups in total. The van der Waals surface area contributed by atoms with Crippen LogP contribution in [0, 0.1) is 13.8 Å². The van der Waals surface area contributed by atoms with E-state index in [1.807, 2.05) is 37.5 Å². The quantitative estimate of drug-likeness (QED) is 0.312.